The van der Waals surface area contributed by atoms with Crippen molar-refractivity contribution in [3.8, 4) is 11.3 Å². The molecule has 8 nitrogen and oxygen atoms in total. The summed E-state index contributed by atoms with van der Waals surface area (Å²) in [5, 5.41) is 13.7. The van der Waals surface area contributed by atoms with E-state index in [-0.39, 0.29) is 23.5 Å². The van der Waals surface area contributed by atoms with Crippen molar-refractivity contribution in [3.05, 3.63) is 59.3 Å². The average molecular weight is 382 g/mol. The number of aromatic nitrogens is 4. The molecule has 2 aromatic heterocycles. The summed E-state index contributed by atoms with van der Waals surface area (Å²) in [5.41, 5.74) is 7.72. The Labute approximate surface area is 159 Å². The van der Waals surface area contributed by atoms with Gasteiger partial charge in [0.2, 0.25) is 0 Å². The minimum Gasteiger partial charge on any atom is -0.364 e. The smallest absolute Gasteiger partial charge is 0.272 e. The van der Waals surface area contributed by atoms with Gasteiger partial charge in [-0.05, 0) is 55.7 Å². The number of hydrogen-bond acceptors (Lipinski definition) is 4. The lowest BCUT2D eigenvalue weighted by molar-refractivity contribution is 0.0600. The molecule has 28 heavy (non-hydrogen) atoms. The van der Waals surface area contributed by atoms with Crippen LogP contribution in [0.25, 0.3) is 11.3 Å². The van der Waals surface area contributed by atoms with Crippen LogP contribution in [-0.2, 0) is 0 Å². The predicted molar refractivity (Wildman–Crippen MR) is 98.7 cm³/mol. The summed E-state index contributed by atoms with van der Waals surface area (Å²) in [5.74, 6) is -1.14. The number of carbonyl (C=O) groups excluding carboxylic acids is 2. The number of carbonyl (C=O) groups is 2. The van der Waals surface area contributed by atoms with Gasteiger partial charge in [0, 0.05) is 12.1 Å². The van der Waals surface area contributed by atoms with Crippen LogP contribution in [0.15, 0.2) is 36.4 Å². The Hall–Kier alpha value is -3.49. The molecule has 4 N–H and O–H groups in total. The highest BCUT2D eigenvalue weighted by atomic mass is 19.1. The van der Waals surface area contributed by atoms with E-state index in [0.29, 0.717) is 29.2 Å². The molecule has 0 radical (unpaired) electrons. The average Bonchev–Trinajstić information content (AvgIpc) is 3.38. The fourth-order valence-corrected chi connectivity index (χ4v) is 3.49. The molecule has 1 atom stereocenters. The van der Waals surface area contributed by atoms with Gasteiger partial charge in [0.05, 0.1) is 17.4 Å². The topological polar surface area (TPSA) is 121 Å². The van der Waals surface area contributed by atoms with Crippen molar-refractivity contribution in [3.63, 3.8) is 0 Å². The highest BCUT2D eigenvalue weighted by Crippen LogP contribution is 2.31. The van der Waals surface area contributed by atoms with Crippen molar-refractivity contribution in [2.24, 2.45) is 5.73 Å². The van der Waals surface area contributed by atoms with Gasteiger partial charge in [-0.25, -0.2) is 4.39 Å². The van der Waals surface area contributed by atoms with Gasteiger partial charge in [-0.2, -0.15) is 10.2 Å². The lowest BCUT2D eigenvalue weighted by Crippen LogP contribution is -2.38. The number of halogens is 1. The van der Waals surface area contributed by atoms with Crippen LogP contribution in [0, 0.1) is 5.82 Å². The van der Waals surface area contributed by atoms with Crippen LogP contribution in [-0.4, -0.2) is 43.7 Å². The number of piperidine rings is 1. The Morgan fingerprint density at radius 2 is 1.89 bits per heavy atom. The summed E-state index contributed by atoms with van der Waals surface area (Å²) < 4.78 is 13.1. The third-order valence-electron chi connectivity index (χ3n) is 4.92. The molecule has 4 rings (SSSR count). The Morgan fingerprint density at radius 1 is 1.11 bits per heavy atom. The fraction of sp³-hybridized carbons (Fsp3) is 0.263. The standard InChI is InChI=1S/C19H19FN6O2/c20-12-6-4-11(5-7-12)13-9-16(25-22-13)19(28)26-8-2-1-3-17(26)14-10-15(18(21)27)24-23-14/h4-7,9-10,17H,1-3,8H2,(H2,21,27)(H,22,25)(H,23,24). The Balaban J connectivity index is 1.58. The SMILES string of the molecule is NC(=O)c1cc(C2CCCCN2C(=O)c2cc(-c3ccc(F)cc3)n[nH]2)[nH]n1. The molecule has 1 aromatic carbocycles. The van der Waals surface area contributed by atoms with Crippen LogP contribution in [0.5, 0.6) is 0 Å². The van der Waals surface area contributed by atoms with Gasteiger partial charge in [-0.1, -0.05) is 0 Å². The van der Waals surface area contributed by atoms with Gasteiger partial charge in [0.25, 0.3) is 11.8 Å². The zero-order valence-electron chi connectivity index (χ0n) is 15.0. The number of primary amides is 1. The van der Waals surface area contributed by atoms with Crippen molar-refractivity contribution in [1.29, 1.82) is 0 Å². The number of hydrogen-bond donors (Lipinski definition) is 3. The van der Waals surface area contributed by atoms with E-state index in [4.69, 9.17) is 5.73 Å². The highest BCUT2D eigenvalue weighted by Gasteiger charge is 2.31. The first kappa shape index (κ1) is 17.9. The molecular formula is C19H19FN6O2. The number of nitrogens with one attached hydrogen (secondary N) is 2. The van der Waals surface area contributed by atoms with E-state index in [1.807, 2.05) is 0 Å². The van der Waals surface area contributed by atoms with Crippen molar-refractivity contribution in [2.75, 3.05) is 6.54 Å². The van der Waals surface area contributed by atoms with Crippen LogP contribution in [0.4, 0.5) is 4.39 Å². The quantitative estimate of drug-likeness (QED) is 0.641. The highest BCUT2D eigenvalue weighted by molar-refractivity contribution is 5.94. The normalized spacial score (nSPS) is 16.9. The second-order valence-corrected chi connectivity index (χ2v) is 6.76. The van der Waals surface area contributed by atoms with Gasteiger partial charge in [0.1, 0.15) is 17.2 Å². The molecule has 9 heteroatoms. The largest absolute Gasteiger partial charge is 0.364 e. The molecule has 3 aromatic rings. The molecule has 3 heterocycles. The molecule has 0 aliphatic carbocycles. The third-order valence-corrected chi connectivity index (χ3v) is 4.92. The van der Waals surface area contributed by atoms with Crippen molar-refractivity contribution < 1.29 is 14.0 Å². The molecule has 144 valence electrons. The summed E-state index contributed by atoms with van der Waals surface area (Å²) in [6, 6.07) is 8.94. The summed E-state index contributed by atoms with van der Waals surface area (Å²) in [6.45, 7) is 0.583. The number of aromatic amines is 2. The first-order valence-corrected chi connectivity index (χ1v) is 9.00. The molecule has 0 bridgehead atoms. The number of nitrogens with two attached hydrogens (primary N) is 1. The van der Waals surface area contributed by atoms with Crippen LogP contribution in [0.2, 0.25) is 0 Å². The molecule has 2 amide bonds. The van der Waals surface area contributed by atoms with Crippen LogP contribution >= 0.6 is 0 Å². The monoisotopic (exact) mass is 382 g/mol. The Bertz CT molecular complexity index is 1010. The van der Waals surface area contributed by atoms with Crippen LogP contribution in [0.1, 0.15) is 52.0 Å². The number of H-pyrrole nitrogens is 2. The molecule has 1 unspecified atom stereocenters. The molecule has 1 aliphatic heterocycles. The lowest BCUT2D eigenvalue weighted by Gasteiger charge is -2.34. The number of benzene rings is 1. The van der Waals surface area contributed by atoms with E-state index in [1.54, 1.807) is 29.2 Å². The van der Waals surface area contributed by atoms with Gasteiger partial charge in [-0.15, -0.1) is 0 Å². The molecule has 1 fully saturated rings. The first-order chi connectivity index (χ1) is 13.5. The van der Waals surface area contributed by atoms with E-state index in [0.717, 1.165) is 19.3 Å². The zero-order chi connectivity index (χ0) is 19.7. The van der Waals surface area contributed by atoms with Crippen molar-refractivity contribution >= 4 is 11.8 Å². The van der Waals surface area contributed by atoms with E-state index < -0.39 is 5.91 Å². The summed E-state index contributed by atoms with van der Waals surface area (Å²) in [7, 11) is 0. The van der Waals surface area contributed by atoms with E-state index >= 15 is 0 Å². The summed E-state index contributed by atoms with van der Waals surface area (Å²) >= 11 is 0. The molecular weight excluding hydrogens is 363 g/mol. The maximum atomic E-state index is 13.1. The maximum absolute atomic E-state index is 13.1. The van der Waals surface area contributed by atoms with Crippen LogP contribution < -0.4 is 5.73 Å². The maximum Gasteiger partial charge on any atom is 0.272 e. The van der Waals surface area contributed by atoms with E-state index in [1.165, 1.54) is 12.1 Å². The van der Waals surface area contributed by atoms with E-state index in [9.17, 15) is 14.0 Å². The third kappa shape index (κ3) is 3.38. The second-order valence-electron chi connectivity index (χ2n) is 6.76. The minimum absolute atomic E-state index is 0.146. The Kier molecular flexibility index (Phi) is 4.64. The van der Waals surface area contributed by atoms with Crippen LogP contribution in [0.3, 0.4) is 0 Å². The van der Waals surface area contributed by atoms with Gasteiger partial charge in [0.15, 0.2) is 0 Å². The minimum atomic E-state index is -0.617. The Morgan fingerprint density at radius 3 is 2.61 bits per heavy atom. The molecule has 1 saturated heterocycles. The predicted octanol–water partition coefficient (Wildman–Crippen LogP) is 2.41. The number of amides is 2. The second kappa shape index (κ2) is 7.26. The fourth-order valence-electron chi connectivity index (χ4n) is 3.49. The zero-order valence-corrected chi connectivity index (χ0v) is 15.0. The lowest BCUT2D eigenvalue weighted by atomic mass is 9.98. The molecule has 0 saturated carbocycles. The number of likely N-dealkylation sites (tertiary alicyclic amines) is 1. The van der Waals surface area contributed by atoms with Crippen molar-refractivity contribution in [1.82, 2.24) is 25.3 Å². The van der Waals surface area contributed by atoms with Crippen molar-refractivity contribution in [2.45, 2.75) is 25.3 Å². The first-order valence-electron chi connectivity index (χ1n) is 9.00. The van der Waals surface area contributed by atoms with E-state index in [2.05, 4.69) is 20.4 Å². The van der Waals surface area contributed by atoms with Gasteiger partial charge >= 0.3 is 0 Å². The summed E-state index contributed by atoms with van der Waals surface area (Å²) in [6.07, 6.45) is 2.60. The number of rotatable bonds is 4. The summed E-state index contributed by atoms with van der Waals surface area (Å²) in [4.78, 5) is 26.1. The number of nitrogens with zero attached hydrogens (tertiary/aromatic N) is 3. The van der Waals surface area contributed by atoms with Gasteiger partial charge < -0.3 is 10.6 Å². The van der Waals surface area contributed by atoms with Gasteiger partial charge in [-0.3, -0.25) is 19.8 Å². The molecule has 1 aliphatic rings. The molecule has 0 spiro atoms.